The summed E-state index contributed by atoms with van der Waals surface area (Å²) < 4.78 is 5.32. The van der Waals surface area contributed by atoms with Crippen LogP contribution in [0.3, 0.4) is 0 Å². The molecule has 0 aliphatic rings. The second kappa shape index (κ2) is 14.6. The SMILES string of the molecule is CCCCCCN(C(=O)C(C)NC(=O)OC(C)(C)C)C(C(=O)NC(C)CCC)c1ccccc1. The first-order valence-corrected chi connectivity index (χ1v) is 12.6. The van der Waals surface area contributed by atoms with Crippen LogP contribution in [-0.2, 0) is 14.3 Å². The molecule has 0 bridgehead atoms. The Morgan fingerprint density at radius 1 is 0.941 bits per heavy atom. The molecule has 0 spiro atoms. The summed E-state index contributed by atoms with van der Waals surface area (Å²) >= 11 is 0. The first-order chi connectivity index (χ1) is 16.0. The van der Waals surface area contributed by atoms with Crippen molar-refractivity contribution < 1.29 is 19.1 Å². The molecular weight excluding hydrogens is 430 g/mol. The van der Waals surface area contributed by atoms with Gasteiger partial charge in [-0.3, -0.25) is 9.59 Å². The van der Waals surface area contributed by atoms with Crippen molar-refractivity contribution in [2.45, 2.75) is 111 Å². The van der Waals surface area contributed by atoms with Gasteiger partial charge in [0.2, 0.25) is 11.8 Å². The lowest BCUT2D eigenvalue weighted by molar-refractivity contribution is -0.142. The van der Waals surface area contributed by atoms with Gasteiger partial charge >= 0.3 is 6.09 Å². The molecule has 0 radical (unpaired) electrons. The molecule has 0 saturated heterocycles. The van der Waals surface area contributed by atoms with Crippen LogP contribution in [0.15, 0.2) is 30.3 Å². The fourth-order valence-electron chi connectivity index (χ4n) is 3.81. The number of alkyl carbamates (subject to hydrolysis) is 1. The molecule has 2 N–H and O–H groups in total. The van der Waals surface area contributed by atoms with Gasteiger partial charge in [0.25, 0.3) is 0 Å². The molecule has 0 saturated carbocycles. The van der Waals surface area contributed by atoms with E-state index in [4.69, 9.17) is 4.74 Å². The second-order valence-corrected chi connectivity index (χ2v) is 9.97. The average molecular weight is 476 g/mol. The van der Waals surface area contributed by atoms with Crippen molar-refractivity contribution in [2.24, 2.45) is 0 Å². The van der Waals surface area contributed by atoms with Crippen molar-refractivity contribution in [1.29, 1.82) is 0 Å². The number of hydrogen-bond acceptors (Lipinski definition) is 4. The van der Waals surface area contributed by atoms with E-state index < -0.39 is 23.8 Å². The topological polar surface area (TPSA) is 87.7 Å². The monoisotopic (exact) mass is 475 g/mol. The van der Waals surface area contributed by atoms with E-state index in [1.54, 1.807) is 32.6 Å². The molecule has 0 heterocycles. The number of benzene rings is 1. The molecule has 0 aromatic heterocycles. The van der Waals surface area contributed by atoms with Gasteiger partial charge < -0.3 is 20.3 Å². The van der Waals surface area contributed by atoms with Crippen LogP contribution in [0.4, 0.5) is 4.79 Å². The van der Waals surface area contributed by atoms with E-state index in [9.17, 15) is 14.4 Å². The molecule has 7 nitrogen and oxygen atoms in total. The number of hydrogen-bond donors (Lipinski definition) is 2. The summed E-state index contributed by atoms with van der Waals surface area (Å²) in [5.41, 5.74) is 0.0752. The Labute approximate surface area is 206 Å². The minimum Gasteiger partial charge on any atom is -0.444 e. The Bertz CT molecular complexity index is 761. The summed E-state index contributed by atoms with van der Waals surface area (Å²) in [4.78, 5) is 41.0. The smallest absolute Gasteiger partial charge is 0.408 e. The quantitative estimate of drug-likeness (QED) is 0.376. The molecule has 3 amide bonds. The second-order valence-electron chi connectivity index (χ2n) is 9.97. The van der Waals surface area contributed by atoms with Crippen molar-refractivity contribution >= 4 is 17.9 Å². The van der Waals surface area contributed by atoms with Crippen molar-refractivity contribution in [3.05, 3.63) is 35.9 Å². The summed E-state index contributed by atoms with van der Waals surface area (Å²) in [6, 6.07) is 7.74. The predicted molar refractivity (Wildman–Crippen MR) is 136 cm³/mol. The van der Waals surface area contributed by atoms with Crippen LogP contribution in [0.25, 0.3) is 0 Å². The molecular formula is C27H45N3O4. The van der Waals surface area contributed by atoms with Crippen LogP contribution in [0.2, 0.25) is 0 Å². The van der Waals surface area contributed by atoms with Gasteiger partial charge in [0.15, 0.2) is 0 Å². The van der Waals surface area contributed by atoms with E-state index in [0.29, 0.717) is 6.54 Å². The highest BCUT2D eigenvalue weighted by atomic mass is 16.6. The zero-order valence-electron chi connectivity index (χ0n) is 22.1. The zero-order valence-corrected chi connectivity index (χ0v) is 22.1. The van der Waals surface area contributed by atoms with Crippen molar-refractivity contribution in [3.8, 4) is 0 Å². The zero-order chi connectivity index (χ0) is 25.7. The molecule has 7 heteroatoms. The highest BCUT2D eigenvalue weighted by molar-refractivity contribution is 5.92. The van der Waals surface area contributed by atoms with Gasteiger partial charge in [0.1, 0.15) is 17.7 Å². The largest absolute Gasteiger partial charge is 0.444 e. The fraction of sp³-hybridized carbons (Fsp3) is 0.667. The van der Waals surface area contributed by atoms with Crippen LogP contribution in [0.5, 0.6) is 0 Å². The first kappa shape index (κ1) is 29.5. The van der Waals surface area contributed by atoms with E-state index in [-0.39, 0.29) is 17.9 Å². The Kier molecular flexibility index (Phi) is 12.7. The molecule has 0 aliphatic carbocycles. The van der Waals surface area contributed by atoms with Crippen LogP contribution in [0, 0.1) is 0 Å². The summed E-state index contributed by atoms with van der Waals surface area (Å²) in [5, 5.41) is 5.72. The molecule has 3 unspecified atom stereocenters. The third-order valence-electron chi connectivity index (χ3n) is 5.42. The average Bonchev–Trinajstić information content (AvgIpc) is 2.74. The van der Waals surface area contributed by atoms with Crippen LogP contribution in [0.1, 0.15) is 98.6 Å². The molecule has 1 rings (SSSR count). The van der Waals surface area contributed by atoms with E-state index in [1.807, 2.05) is 37.3 Å². The summed E-state index contributed by atoms with van der Waals surface area (Å²) in [6.07, 6.45) is 5.02. The molecule has 1 aromatic carbocycles. The number of nitrogens with one attached hydrogen (secondary N) is 2. The lowest BCUT2D eigenvalue weighted by Gasteiger charge is -2.34. The van der Waals surface area contributed by atoms with Gasteiger partial charge in [-0.15, -0.1) is 0 Å². The van der Waals surface area contributed by atoms with E-state index in [1.165, 1.54) is 0 Å². The molecule has 192 valence electrons. The standard InChI is InChI=1S/C27H45N3O4/c1-8-10-11-15-19-30(25(32)21(4)29-26(33)34-27(5,6)7)23(22-17-13-12-14-18-22)24(31)28-20(3)16-9-2/h12-14,17-18,20-21,23H,8-11,15-16,19H2,1-7H3,(H,28,31)(H,29,33). The normalized spacial score (nSPS) is 14.0. The Morgan fingerprint density at radius 2 is 1.59 bits per heavy atom. The van der Waals surface area contributed by atoms with Crippen LogP contribution in [-0.4, -0.2) is 47.0 Å². The minimum atomic E-state index is -0.840. The Morgan fingerprint density at radius 3 is 2.15 bits per heavy atom. The maximum Gasteiger partial charge on any atom is 0.408 e. The number of ether oxygens (including phenoxy) is 1. The predicted octanol–water partition coefficient (Wildman–Crippen LogP) is 5.35. The third kappa shape index (κ3) is 10.6. The van der Waals surface area contributed by atoms with Gasteiger partial charge in [-0.25, -0.2) is 4.79 Å². The maximum absolute atomic E-state index is 13.6. The number of unbranched alkanes of at least 4 members (excludes halogenated alkanes) is 3. The van der Waals surface area contributed by atoms with Crippen molar-refractivity contribution in [1.82, 2.24) is 15.5 Å². The number of nitrogens with zero attached hydrogens (tertiary/aromatic N) is 1. The van der Waals surface area contributed by atoms with Gasteiger partial charge in [-0.1, -0.05) is 69.9 Å². The van der Waals surface area contributed by atoms with Gasteiger partial charge in [0, 0.05) is 12.6 Å². The minimum absolute atomic E-state index is 0.00179. The molecule has 0 fully saturated rings. The van der Waals surface area contributed by atoms with E-state index in [0.717, 1.165) is 44.1 Å². The highest BCUT2D eigenvalue weighted by Gasteiger charge is 2.34. The number of amides is 3. The molecule has 1 aromatic rings. The number of rotatable bonds is 13. The van der Waals surface area contributed by atoms with Gasteiger partial charge in [-0.2, -0.15) is 0 Å². The Hall–Kier alpha value is -2.57. The number of carbonyl (C=O) groups is 3. The molecule has 34 heavy (non-hydrogen) atoms. The fourth-order valence-corrected chi connectivity index (χ4v) is 3.81. The number of carbonyl (C=O) groups excluding carboxylic acids is 3. The lowest BCUT2D eigenvalue weighted by Crippen LogP contribution is -2.52. The van der Waals surface area contributed by atoms with Gasteiger partial charge in [-0.05, 0) is 53.0 Å². The van der Waals surface area contributed by atoms with Crippen LogP contribution < -0.4 is 10.6 Å². The van der Waals surface area contributed by atoms with Crippen LogP contribution >= 0.6 is 0 Å². The van der Waals surface area contributed by atoms with Gasteiger partial charge in [0.05, 0.1) is 0 Å². The highest BCUT2D eigenvalue weighted by Crippen LogP contribution is 2.24. The summed E-state index contributed by atoms with van der Waals surface area (Å²) in [5.74, 6) is -0.519. The van der Waals surface area contributed by atoms with E-state index in [2.05, 4.69) is 24.5 Å². The molecule has 3 atom stereocenters. The summed E-state index contributed by atoms with van der Waals surface area (Å²) in [7, 11) is 0. The first-order valence-electron chi connectivity index (χ1n) is 12.6. The van der Waals surface area contributed by atoms with Crippen molar-refractivity contribution in [3.63, 3.8) is 0 Å². The van der Waals surface area contributed by atoms with E-state index >= 15 is 0 Å². The molecule has 0 aliphatic heterocycles. The Balaban J connectivity index is 3.22. The van der Waals surface area contributed by atoms with Crippen molar-refractivity contribution in [2.75, 3.05) is 6.54 Å². The third-order valence-corrected chi connectivity index (χ3v) is 5.42. The summed E-state index contributed by atoms with van der Waals surface area (Å²) in [6.45, 7) is 13.5. The lowest BCUT2D eigenvalue weighted by atomic mass is 10.0. The maximum atomic E-state index is 13.6.